The third-order valence-electron chi connectivity index (χ3n) is 6.85. The van der Waals surface area contributed by atoms with E-state index in [1.54, 1.807) is 0 Å². The standard InChI is InChI=1S/C33H29Cl2N3O2/c1-21-10-13-24-8-5-9-30(33(24)38-21)40-20-28-29(34)17-16-26(32(28)35)27(23-6-3-2-4-7-23)18-31(39)37-19-22-11-14-25(36)15-12-22/h2-17,27H,18-20,36H2,1H3,(H,37,39). The second-order valence-electron chi connectivity index (χ2n) is 9.68. The van der Waals surface area contributed by atoms with E-state index in [2.05, 4.69) is 10.3 Å². The number of aryl methyl sites for hydroxylation is 1. The SMILES string of the molecule is Cc1ccc2cccc(OCc3c(Cl)ccc(C(CC(=O)NCc4ccc(N)cc4)c4ccccc4)c3Cl)c2n1. The highest BCUT2D eigenvalue weighted by molar-refractivity contribution is 6.36. The lowest BCUT2D eigenvalue weighted by molar-refractivity contribution is -0.121. The van der Waals surface area contributed by atoms with Crippen LogP contribution in [0.4, 0.5) is 5.69 Å². The maximum atomic E-state index is 13.1. The Balaban J connectivity index is 1.40. The molecule has 0 aliphatic carbocycles. The minimum Gasteiger partial charge on any atom is -0.487 e. The van der Waals surface area contributed by atoms with Crippen molar-refractivity contribution in [1.82, 2.24) is 10.3 Å². The topological polar surface area (TPSA) is 77.2 Å². The summed E-state index contributed by atoms with van der Waals surface area (Å²) in [7, 11) is 0. The number of ether oxygens (including phenoxy) is 1. The van der Waals surface area contributed by atoms with Crippen LogP contribution in [0.5, 0.6) is 5.75 Å². The van der Waals surface area contributed by atoms with Crippen molar-refractivity contribution in [3.63, 3.8) is 0 Å². The van der Waals surface area contributed by atoms with E-state index >= 15 is 0 Å². The summed E-state index contributed by atoms with van der Waals surface area (Å²) in [6, 6.07) is 30.8. The van der Waals surface area contributed by atoms with Crippen LogP contribution in [0.15, 0.2) is 97.1 Å². The van der Waals surface area contributed by atoms with Gasteiger partial charge in [0.2, 0.25) is 5.91 Å². The number of amides is 1. The minimum atomic E-state index is -0.280. The van der Waals surface area contributed by atoms with E-state index in [4.69, 9.17) is 33.7 Å². The van der Waals surface area contributed by atoms with Crippen molar-refractivity contribution < 1.29 is 9.53 Å². The molecule has 0 saturated carbocycles. The molecule has 4 aromatic carbocycles. The first-order chi connectivity index (χ1) is 19.4. The number of fused-ring (bicyclic) bond motifs is 1. The highest BCUT2D eigenvalue weighted by atomic mass is 35.5. The van der Waals surface area contributed by atoms with Gasteiger partial charge < -0.3 is 15.8 Å². The van der Waals surface area contributed by atoms with E-state index in [0.29, 0.717) is 33.6 Å². The predicted octanol–water partition coefficient (Wildman–Crippen LogP) is 7.85. The number of halogens is 2. The highest BCUT2D eigenvalue weighted by Gasteiger charge is 2.23. The molecule has 0 bridgehead atoms. The normalized spacial score (nSPS) is 11.8. The van der Waals surface area contributed by atoms with Gasteiger partial charge in [0, 0.05) is 46.2 Å². The van der Waals surface area contributed by atoms with Crippen LogP contribution in [-0.2, 0) is 17.9 Å². The fourth-order valence-electron chi connectivity index (χ4n) is 4.69. The predicted molar refractivity (Wildman–Crippen MR) is 163 cm³/mol. The van der Waals surface area contributed by atoms with Gasteiger partial charge in [-0.25, -0.2) is 4.98 Å². The first-order valence-electron chi connectivity index (χ1n) is 13.0. The average Bonchev–Trinajstić information content (AvgIpc) is 2.96. The van der Waals surface area contributed by atoms with Crippen molar-refractivity contribution in [1.29, 1.82) is 0 Å². The number of carbonyl (C=O) groups is 1. The first kappa shape index (κ1) is 27.5. The number of pyridine rings is 1. The smallest absolute Gasteiger partial charge is 0.221 e. The number of rotatable bonds is 9. The molecule has 202 valence electrons. The van der Waals surface area contributed by atoms with Crippen molar-refractivity contribution >= 4 is 45.7 Å². The molecule has 7 heteroatoms. The van der Waals surface area contributed by atoms with Gasteiger partial charge in [0.15, 0.2) is 0 Å². The van der Waals surface area contributed by atoms with E-state index in [0.717, 1.165) is 33.3 Å². The Morgan fingerprint density at radius 1 is 0.925 bits per heavy atom. The zero-order valence-electron chi connectivity index (χ0n) is 22.0. The van der Waals surface area contributed by atoms with Crippen LogP contribution in [0.1, 0.15) is 40.3 Å². The van der Waals surface area contributed by atoms with Gasteiger partial charge in [-0.3, -0.25) is 4.79 Å². The van der Waals surface area contributed by atoms with E-state index in [-0.39, 0.29) is 24.9 Å². The van der Waals surface area contributed by atoms with Crippen molar-refractivity contribution in [3.05, 3.63) is 135 Å². The lowest BCUT2D eigenvalue weighted by Gasteiger charge is -2.21. The third-order valence-corrected chi connectivity index (χ3v) is 7.65. The fourth-order valence-corrected chi connectivity index (χ4v) is 5.30. The van der Waals surface area contributed by atoms with Gasteiger partial charge in [0.25, 0.3) is 0 Å². The van der Waals surface area contributed by atoms with Gasteiger partial charge in [-0.05, 0) is 53.9 Å². The zero-order valence-corrected chi connectivity index (χ0v) is 23.5. The van der Waals surface area contributed by atoms with Gasteiger partial charge in [-0.2, -0.15) is 0 Å². The van der Waals surface area contributed by atoms with E-state index in [9.17, 15) is 4.79 Å². The van der Waals surface area contributed by atoms with Gasteiger partial charge >= 0.3 is 0 Å². The molecule has 0 saturated heterocycles. The number of benzene rings is 4. The monoisotopic (exact) mass is 569 g/mol. The molecule has 1 aromatic heterocycles. The van der Waals surface area contributed by atoms with E-state index < -0.39 is 0 Å². The molecule has 1 heterocycles. The molecular formula is C33H29Cl2N3O2. The molecule has 0 fully saturated rings. The molecule has 0 aliphatic heterocycles. The molecule has 1 unspecified atom stereocenters. The molecule has 1 amide bonds. The minimum absolute atomic E-state index is 0.0910. The Kier molecular flexibility index (Phi) is 8.54. The second-order valence-corrected chi connectivity index (χ2v) is 10.5. The summed E-state index contributed by atoms with van der Waals surface area (Å²) in [6.07, 6.45) is 0.215. The average molecular weight is 571 g/mol. The summed E-state index contributed by atoms with van der Waals surface area (Å²) in [4.78, 5) is 17.8. The Morgan fingerprint density at radius 3 is 2.48 bits per heavy atom. The molecule has 0 spiro atoms. The number of para-hydroxylation sites is 1. The second kappa shape index (κ2) is 12.4. The Morgan fingerprint density at radius 2 is 1.70 bits per heavy atom. The van der Waals surface area contributed by atoms with Crippen LogP contribution in [0.3, 0.4) is 0 Å². The fraction of sp³-hybridized carbons (Fsp3) is 0.152. The Bertz CT molecular complexity index is 1640. The number of carbonyl (C=O) groups excluding carboxylic acids is 1. The highest BCUT2D eigenvalue weighted by Crippen LogP contribution is 2.38. The number of nitrogens with zero attached hydrogens (tertiary/aromatic N) is 1. The maximum absolute atomic E-state index is 13.1. The summed E-state index contributed by atoms with van der Waals surface area (Å²) in [5, 5.41) is 4.99. The van der Waals surface area contributed by atoms with E-state index in [1.807, 2.05) is 104 Å². The van der Waals surface area contributed by atoms with Gasteiger partial charge in [-0.1, -0.05) is 89.9 Å². The van der Waals surface area contributed by atoms with Gasteiger partial charge in [0.05, 0.1) is 5.02 Å². The van der Waals surface area contributed by atoms with Crippen molar-refractivity contribution in [2.45, 2.75) is 32.4 Å². The van der Waals surface area contributed by atoms with Gasteiger partial charge in [0.1, 0.15) is 17.9 Å². The number of anilines is 1. The number of nitrogens with one attached hydrogen (secondary N) is 1. The van der Waals surface area contributed by atoms with Crippen LogP contribution in [-0.4, -0.2) is 10.9 Å². The molecule has 5 rings (SSSR count). The number of aromatic nitrogens is 1. The van der Waals surface area contributed by atoms with Crippen LogP contribution >= 0.6 is 23.2 Å². The maximum Gasteiger partial charge on any atom is 0.221 e. The summed E-state index contributed by atoms with van der Waals surface area (Å²) < 4.78 is 6.22. The molecule has 3 N–H and O–H groups in total. The number of hydrogen-bond donors (Lipinski definition) is 2. The van der Waals surface area contributed by atoms with Crippen LogP contribution in [0.25, 0.3) is 10.9 Å². The summed E-state index contributed by atoms with van der Waals surface area (Å²) in [5.74, 6) is 0.282. The Hall–Kier alpha value is -4.06. The molecule has 5 nitrogen and oxygen atoms in total. The molecule has 0 aliphatic rings. The number of nitrogens with two attached hydrogens (primary N) is 1. The number of hydrogen-bond acceptors (Lipinski definition) is 4. The van der Waals surface area contributed by atoms with Crippen molar-refractivity contribution in [2.75, 3.05) is 5.73 Å². The summed E-state index contributed by atoms with van der Waals surface area (Å²) >= 11 is 13.6. The molecule has 0 radical (unpaired) electrons. The van der Waals surface area contributed by atoms with Crippen LogP contribution < -0.4 is 15.8 Å². The molecule has 5 aromatic rings. The lowest BCUT2D eigenvalue weighted by Crippen LogP contribution is -2.25. The summed E-state index contributed by atoms with van der Waals surface area (Å²) in [6.45, 7) is 2.51. The largest absolute Gasteiger partial charge is 0.487 e. The molecule has 1 atom stereocenters. The quantitative estimate of drug-likeness (QED) is 0.177. The molecule has 40 heavy (non-hydrogen) atoms. The summed E-state index contributed by atoms with van der Waals surface area (Å²) in [5.41, 5.74) is 11.6. The van der Waals surface area contributed by atoms with Crippen molar-refractivity contribution in [2.24, 2.45) is 0 Å². The van der Waals surface area contributed by atoms with E-state index in [1.165, 1.54) is 0 Å². The lowest BCUT2D eigenvalue weighted by atomic mass is 9.87. The van der Waals surface area contributed by atoms with Crippen LogP contribution in [0, 0.1) is 6.92 Å². The van der Waals surface area contributed by atoms with Gasteiger partial charge in [-0.15, -0.1) is 0 Å². The Labute approximate surface area is 243 Å². The zero-order chi connectivity index (χ0) is 28.1. The van der Waals surface area contributed by atoms with Crippen molar-refractivity contribution in [3.8, 4) is 5.75 Å². The molecular weight excluding hydrogens is 541 g/mol. The number of nitrogen functional groups attached to an aromatic ring is 1. The van der Waals surface area contributed by atoms with Crippen LogP contribution in [0.2, 0.25) is 10.0 Å². The third kappa shape index (κ3) is 6.39. The first-order valence-corrected chi connectivity index (χ1v) is 13.8.